The smallest absolute Gasteiger partial charge is 0.294 e. The Morgan fingerprint density at radius 3 is 1.14 bits per heavy atom. The van der Waals surface area contributed by atoms with Crippen LogP contribution in [-0.4, -0.2) is 59.6 Å². The average Bonchev–Trinajstić information content (AvgIpc) is 2.58. The minimum atomic E-state index is -4.22. The van der Waals surface area contributed by atoms with Crippen molar-refractivity contribution in [3.05, 3.63) is 47.5 Å². The third-order valence-electron chi connectivity index (χ3n) is 3.00. The van der Waals surface area contributed by atoms with E-state index in [1.54, 1.807) is 0 Å². The molecule has 0 saturated carbocycles. The zero-order valence-corrected chi connectivity index (χ0v) is 16.6. The highest BCUT2D eigenvalue weighted by atomic mass is 32.2. The molecule has 2 aromatic carbocycles. The van der Waals surface area contributed by atoms with E-state index in [4.69, 9.17) is 29.5 Å². The predicted octanol–water partition coefficient (Wildman–Crippen LogP) is 0.866. The summed E-state index contributed by atoms with van der Waals surface area (Å²) in [4.78, 5) is -0.523. The summed E-state index contributed by atoms with van der Waals surface area (Å²) >= 11 is 0. The largest absolute Gasteiger partial charge is 0.508 e. The highest BCUT2D eigenvalue weighted by molar-refractivity contribution is 7.86. The van der Waals surface area contributed by atoms with Gasteiger partial charge in [0.2, 0.25) is 0 Å². The lowest BCUT2D eigenvalue weighted by Crippen LogP contribution is -2.00. The lowest BCUT2D eigenvalue weighted by molar-refractivity contribution is 0.186. The number of aliphatic hydroxyl groups is 2. The summed E-state index contributed by atoms with van der Waals surface area (Å²) < 4.78 is 59.9. The van der Waals surface area contributed by atoms with E-state index in [2.05, 4.69) is 0 Å². The van der Waals surface area contributed by atoms with Gasteiger partial charge in [0.1, 0.15) is 21.3 Å². The van der Waals surface area contributed by atoms with Gasteiger partial charge in [0.05, 0.1) is 13.2 Å². The van der Waals surface area contributed by atoms with Crippen LogP contribution in [0.25, 0.3) is 0 Å². The van der Waals surface area contributed by atoms with E-state index in [0.717, 1.165) is 12.1 Å². The number of aromatic hydroxyl groups is 2. The highest BCUT2D eigenvalue weighted by Gasteiger charge is 2.13. The van der Waals surface area contributed by atoms with Crippen molar-refractivity contribution < 1.29 is 46.4 Å². The number of rotatable bonds is 3. The summed E-state index contributed by atoms with van der Waals surface area (Å²) in [5.41, 5.74) is 0.797. The van der Waals surface area contributed by atoms with E-state index in [9.17, 15) is 16.8 Å². The Kier molecular flexibility index (Phi) is 10.1. The quantitative estimate of drug-likeness (QED) is 0.375. The first-order valence-electron chi connectivity index (χ1n) is 7.50. The van der Waals surface area contributed by atoms with Crippen LogP contribution in [0.1, 0.15) is 11.1 Å². The zero-order chi connectivity index (χ0) is 22.1. The molecule has 0 aliphatic heterocycles. The van der Waals surface area contributed by atoms with Gasteiger partial charge in [0.25, 0.3) is 20.2 Å². The van der Waals surface area contributed by atoms with Crippen LogP contribution in [0.4, 0.5) is 0 Å². The molecule has 2 rings (SSSR count). The predicted molar refractivity (Wildman–Crippen MR) is 99.5 cm³/mol. The Morgan fingerprint density at radius 1 is 0.679 bits per heavy atom. The SMILES string of the molecule is Cc1ccc(O)cc1S(=O)(=O)O.Cc1ccc(O)cc1S(=O)(=O)O.OCCO. The summed E-state index contributed by atoms with van der Waals surface area (Å²) in [6, 6.07) is 7.54. The minimum Gasteiger partial charge on any atom is -0.508 e. The molecular weight excluding hydrogens is 416 g/mol. The molecule has 158 valence electrons. The number of aryl methyl sites for hydroxylation is 2. The Bertz CT molecular complexity index is 901. The third-order valence-corrected chi connectivity index (χ3v) is 4.99. The Hall–Kier alpha value is -2.22. The van der Waals surface area contributed by atoms with Gasteiger partial charge in [-0.3, -0.25) is 9.11 Å². The first kappa shape index (κ1) is 25.8. The van der Waals surface area contributed by atoms with Crippen LogP contribution in [0.15, 0.2) is 46.2 Å². The number of hydrogen-bond donors (Lipinski definition) is 6. The molecule has 0 aromatic heterocycles. The lowest BCUT2D eigenvalue weighted by Gasteiger charge is -2.01. The minimum absolute atomic E-state index is 0.125. The van der Waals surface area contributed by atoms with E-state index in [1.807, 2.05) is 0 Å². The molecular formula is C16H22O10S2. The maximum Gasteiger partial charge on any atom is 0.294 e. The summed E-state index contributed by atoms with van der Waals surface area (Å²) in [6.07, 6.45) is 0. The molecule has 0 fully saturated rings. The van der Waals surface area contributed by atoms with Crippen molar-refractivity contribution in [2.24, 2.45) is 0 Å². The lowest BCUT2D eigenvalue weighted by atomic mass is 10.2. The summed E-state index contributed by atoms with van der Waals surface area (Å²) in [6.45, 7) is 2.81. The van der Waals surface area contributed by atoms with Crippen molar-refractivity contribution >= 4 is 20.2 Å². The number of benzene rings is 2. The second-order valence-corrected chi connectivity index (χ2v) is 8.08. The molecule has 2 aromatic rings. The second kappa shape index (κ2) is 10.9. The zero-order valence-electron chi connectivity index (χ0n) is 15.0. The van der Waals surface area contributed by atoms with Crippen LogP contribution in [0.3, 0.4) is 0 Å². The van der Waals surface area contributed by atoms with Crippen molar-refractivity contribution in [3.63, 3.8) is 0 Å². The fraction of sp³-hybridized carbons (Fsp3) is 0.250. The maximum atomic E-state index is 10.7. The van der Waals surface area contributed by atoms with Gasteiger partial charge in [0, 0.05) is 12.1 Å². The normalized spacial score (nSPS) is 10.9. The maximum absolute atomic E-state index is 10.7. The van der Waals surface area contributed by atoms with Crippen LogP contribution in [0, 0.1) is 13.8 Å². The number of aliphatic hydroxyl groups excluding tert-OH is 2. The van der Waals surface area contributed by atoms with Gasteiger partial charge >= 0.3 is 0 Å². The molecule has 12 heteroatoms. The van der Waals surface area contributed by atoms with Gasteiger partial charge in [0.15, 0.2) is 0 Å². The molecule has 6 N–H and O–H groups in total. The standard InChI is InChI=1S/2C7H8O4S.C2H6O2/c2*1-5-2-3-6(8)4-7(5)12(9,10)11;3-1-2-4/h2*2-4,8H,1H3,(H,9,10,11);3-4H,1-2H2. The Morgan fingerprint density at radius 2 is 0.964 bits per heavy atom. The van der Waals surface area contributed by atoms with E-state index >= 15 is 0 Å². The van der Waals surface area contributed by atoms with E-state index in [0.29, 0.717) is 11.1 Å². The summed E-state index contributed by atoms with van der Waals surface area (Å²) in [5, 5.41) is 33.1. The van der Waals surface area contributed by atoms with Crippen LogP contribution in [0.5, 0.6) is 11.5 Å². The molecule has 0 aliphatic rings. The monoisotopic (exact) mass is 438 g/mol. The van der Waals surface area contributed by atoms with Crippen molar-refractivity contribution in [2.45, 2.75) is 23.6 Å². The molecule has 0 aliphatic carbocycles. The molecule has 28 heavy (non-hydrogen) atoms. The van der Waals surface area contributed by atoms with E-state index in [-0.39, 0.29) is 34.5 Å². The molecule has 0 radical (unpaired) electrons. The second-order valence-electron chi connectivity index (χ2n) is 5.30. The van der Waals surface area contributed by atoms with Gasteiger partial charge in [-0.25, -0.2) is 0 Å². The topological polar surface area (TPSA) is 190 Å². The third kappa shape index (κ3) is 9.12. The van der Waals surface area contributed by atoms with Gasteiger partial charge in [-0.1, -0.05) is 12.1 Å². The Labute approximate surface area is 162 Å². The Balaban J connectivity index is 0.000000439. The summed E-state index contributed by atoms with van der Waals surface area (Å²) in [7, 11) is -8.43. The van der Waals surface area contributed by atoms with Gasteiger partial charge in [-0.05, 0) is 37.1 Å². The van der Waals surface area contributed by atoms with Crippen LogP contribution in [-0.2, 0) is 20.2 Å². The van der Waals surface area contributed by atoms with Crippen molar-refractivity contribution in [1.29, 1.82) is 0 Å². The van der Waals surface area contributed by atoms with Crippen molar-refractivity contribution in [1.82, 2.24) is 0 Å². The number of hydrogen-bond acceptors (Lipinski definition) is 8. The van der Waals surface area contributed by atoms with Crippen molar-refractivity contribution in [2.75, 3.05) is 13.2 Å². The number of phenolic OH excluding ortho intramolecular Hbond substituents is 2. The molecule has 0 unspecified atom stereocenters. The van der Waals surface area contributed by atoms with Crippen molar-refractivity contribution in [3.8, 4) is 11.5 Å². The van der Waals surface area contributed by atoms with Crippen LogP contribution in [0.2, 0.25) is 0 Å². The van der Waals surface area contributed by atoms with Crippen LogP contribution < -0.4 is 0 Å². The van der Waals surface area contributed by atoms with Gasteiger partial charge in [-0.2, -0.15) is 16.8 Å². The fourth-order valence-electron chi connectivity index (χ4n) is 1.73. The number of phenols is 2. The molecule has 0 saturated heterocycles. The van der Waals surface area contributed by atoms with Gasteiger partial charge < -0.3 is 20.4 Å². The molecule has 0 spiro atoms. The van der Waals surface area contributed by atoms with E-state index < -0.39 is 20.2 Å². The van der Waals surface area contributed by atoms with Gasteiger partial charge in [-0.15, -0.1) is 0 Å². The molecule has 10 nitrogen and oxygen atoms in total. The molecule has 0 bridgehead atoms. The first-order chi connectivity index (χ1) is 12.7. The summed E-state index contributed by atoms with van der Waals surface area (Å²) in [5.74, 6) is -0.374. The molecule has 0 heterocycles. The average molecular weight is 438 g/mol. The molecule has 0 atom stereocenters. The molecule has 0 amide bonds. The fourth-order valence-corrected chi connectivity index (χ4v) is 3.22. The van der Waals surface area contributed by atoms with E-state index in [1.165, 1.54) is 38.1 Å². The van der Waals surface area contributed by atoms with Crippen LogP contribution >= 0.6 is 0 Å². The first-order valence-corrected chi connectivity index (χ1v) is 10.4. The highest BCUT2D eigenvalue weighted by Crippen LogP contribution is 2.20.